The van der Waals surface area contributed by atoms with Crippen LogP contribution in [0.1, 0.15) is 18.4 Å². The fraction of sp³-hybridized carbons (Fsp3) is 0.533. The molecule has 1 aromatic rings. The van der Waals surface area contributed by atoms with Crippen molar-refractivity contribution in [3.63, 3.8) is 0 Å². The van der Waals surface area contributed by atoms with Gasteiger partial charge < -0.3 is 15.0 Å². The summed E-state index contributed by atoms with van der Waals surface area (Å²) in [7, 11) is 0. The number of hydrogen-bond acceptors (Lipinski definition) is 3. The molecule has 3 aliphatic rings. The van der Waals surface area contributed by atoms with Gasteiger partial charge >= 0.3 is 6.09 Å². The molecule has 4 heteroatoms. The van der Waals surface area contributed by atoms with E-state index in [9.17, 15) is 4.79 Å². The highest BCUT2D eigenvalue weighted by Gasteiger charge is 2.34. The molecule has 19 heavy (non-hydrogen) atoms. The van der Waals surface area contributed by atoms with Crippen molar-refractivity contribution in [3.05, 3.63) is 35.9 Å². The molecular formula is C15H20N2O2. The Kier molecular flexibility index (Phi) is 3.69. The average molecular weight is 260 g/mol. The van der Waals surface area contributed by atoms with E-state index in [4.69, 9.17) is 4.74 Å². The van der Waals surface area contributed by atoms with E-state index in [2.05, 4.69) is 5.32 Å². The topological polar surface area (TPSA) is 41.6 Å². The van der Waals surface area contributed by atoms with Crippen LogP contribution in [0.3, 0.4) is 0 Å². The molecule has 3 heterocycles. The Hall–Kier alpha value is -1.55. The first-order valence-corrected chi connectivity index (χ1v) is 7.01. The molecule has 4 nitrogen and oxygen atoms in total. The van der Waals surface area contributed by atoms with Crippen LogP contribution in [0, 0.1) is 5.92 Å². The molecule has 0 aromatic heterocycles. The molecule has 1 aromatic carbocycles. The first-order chi connectivity index (χ1) is 9.33. The van der Waals surface area contributed by atoms with Gasteiger partial charge in [-0.05, 0) is 30.9 Å². The van der Waals surface area contributed by atoms with E-state index in [-0.39, 0.29) is 6.09 Å². The number of ether oxygens (including phenoxy) is 1. The molecule has 2 bridgehead atoms. The van der Waals surface area contributed by atoms with Crippen molar-refractivity contribution in [2.75, 3.05) is 19.6 Å². The summed E-state index contributed by atoms with van der Waals surface area (Å²) < 4.78 is 5.43. The van der Waals surface area contributed by atoms with Crippen molar-refractivity contribution in [1.29, 1.82) is 0 Å². The van der Waals surface area contributed by atoms with Crippen LogP contribution in [-0.2, 0) is 11.3 Å². The maximum atomic E-state index is 12.2. The average Bonchev–Trinajstić information content (AvgIpc) is 2.81. The van der Waals surface area contributed by atoms with Gasteiger partial charge in [0.2, 0.25) is 0 Å². The summed E-state index contributed by atoms with van der Waals surface area (Å²) in [5, 5.41) is 3.42. The largest absolute Gasteiger partial charge is 0.445 e. The van der Waals surface area contributed by atoms with Crippen LogP contribution < -0.4 is 5.32 Å². The van der Waals surface area contributed by atoms with E-state index in [1.54, 1.807) is 0 Å². The number of rotatable bonds is 2. The Balaban J connectivity index is 1.58. The van der Waals surface area contributed by atoms with E-state index in [1.165, 1.54) is 6.42 Å². The Morgan fingerprint density at radius 2 is 2.11 bits per heavy atom. The van der Waals surface area contributed by atoms with Crippen molar-refractivity contribution in [3.8, 4) is 0 Å². The predicted molar refractivity (Wildman–Crippen MR) is 72.7 cm³/mol. The van der Waals surface area contributed by atoms with Crippen LogP contribution in [-0.4, -0.2) is 36.7 Å². The van der Waals surface area contributed by atoms with Crippen LogP contribution in [0.5, 0.6) is 0 Å². The number of piperidine rings is 1. The summed E-state index contributed by atoms with van der Waals surface area (Å²) in [6.45, 7) is 3.13. The number of carbonyl (C=O) groups excluding carboxylic acids is 1. The quantitative estimate of drug-likeness (QED) is 0.884. The van der Waals surface area contributed by atoms with Crippen LogP contribution in [0.25, 0.3) is 0 Å². The normalized spacial score (nSPS) is 26.0. The molecule has 1 N–H and O–H groups in total. The lowest BCUT2D eigenvalue weighted by atomic mass is 9.95. The minimum Gasteiger partial charge on any atom is -0.445 e. The number of amides is 1. The van der Waals surface area contributed by atoms with E-state index in [1.807, 2.05) is 35.2 Å². The highest BCUT2D eigenvalue weighted by Crippen LogP contribution is 2.25. The van der Waals surface area contributed by atoms with Crippen LogP contribution in [0.15, 0.2) is 30.3 Å². The minimum absolute atomic E-state index is 0.165. The highest BCUT2D eigenvalue weighted by atomic mass is 16.6. The van der Waals surface area contributed by atoms with Gasteiger partial charge in [0.1, 0.15) is 6.61 Å². The second-order valence-corrected chi connectivity index (χ2v) is 5.45. The maximum absolute atomic E-state index is 12.2. The Bertz CT molecular complexity index is 431. The standard InChI is InChI=1S/C15H20N2O2/c18-15(19-11-12-4-2-1-3-5-12)17-10-13-6-7-14(17)9-16-8-13/h1-5,13-14,16H,6-11H2. The summed E-state index contributed by atoms with van der Waals surface area (Å²) >= 11 is 0. The summed E-state index contributed by atoms with van der Waals surface area (Å²) in [4.78, 5) is 14.1. The first kappa shape index (κ1) is 12.5. The molecule has 3 aliphatic heterocycles. The third kappa shape index (κ3) is 2.89. The molecule has 2 unspecified atom stereocenters. The summed E-state index contributed by atoms with van der Waals surface area (Å²) in [6.07, 6.45) is 2.15. The predicted octanol–water partition coefficient (Wildman–Crippen LogP) is 2.01. The fourth-order valence-corrected chi connectivity index (χ4v) is 2.96. The Labute approximate surface area is 113 Å². The van der Waals surface area contributed by atoms with Gasteiger partial charge in [0.15, 0.2) is 0 Å². The van der Waals surface area contributed by atoms with Crippen LogP contribution in [0.4, 0.5) is 4.79 Å². The van der Waals surface area contributed by atoms with Crippen molar-refractivity contribution < 1.29 is 9.53 Å². The molecule has 1 amide bonds. The zero-order chi connectivity index (χ0) is 13.1. The van der Waals surface area contributed by atoms with Gasteiger partial charge in [-0.2, -0.15) is 0 Å². The molecular weight excluding hydrogens is 240 g/mol. The molecule has 4 rings (SSSR count). The van der Waals surface area contributed by atoms with Gasteiger partial charge in [0, 0.05) is 19.1 Å². The van der Waals surface area contributed by atoms with Gasteiger partial charge in [-0.1, -0.05) is 30.3 Å². The lowest BCUT2D eigenvalue weighted by Crippen LogP contribution is -2.47. The van der Waals surface area contributed by atoms with E-state index in [0.29, 0.717) is 18.6 Å². The zero-order valence-electron chi connectivity index (χ0n) is 11.0. The van der Waals surface area contributed by atoms with Crippen molar-refractivity contribution in [1.82, 2.24) is 10.2 Å². The number of fused-ring (bicyclic) bond motifs is 4. The van der Waals surface area contributed by atoms with Gasteiger partial charge in [-0.25, -0.2) is 4.79 Å². The number of hydrogen-bond donors (Lipinski definition) is 1. The second-order valence-electron chi connectivity index (χ2n) is 5.45. The number of nitrogens with one attached hydrogen (secondary N) is 1. The van der Waals surface area contributed by atoms with E-state index in [0.717, 1.165) is 31.6 Å². The summed E-state index contributed by atoms with van der Waals surface area (Å²) in [5.74, 6) is 0.586. The molecule has 102 valence electrons. The van der Waals surface area contributed by atoms with Gasteiger partial charge in [-0.3, -0.25) is 0 Å². The van der Waals surface area contributed by atoms with Crippen LogP contribution >= 0.6 is 0 Å². The van der Waals surface area contributed by atoms with E-state index >= 15 is 0 Å². The molecule has 0 radical (unpaired) electrons. The minimum atomic E-state index is -0.165. The summed E-state index contributed by atoms with van der Waals surface area (Å²) in [5.41, 5.74) is 1.04. The molecule has 3 saturated heterocycles. The fourth-order valence-electron chi connectivity index (χ4n) is 2.96. The summed E-state index contributed by atoms with van der Waals surface area (Å²) in [6, 6.07) is 10.1. The highest BCUT2D eigenvalue weighted by molar-refractivity contribution is 5.68. The van der Waals surface area contributed by atoms with Crippen molar-refractivity contribution >= 4 is 6.09 Å². The molecule has 0 aliphatic carbocycles. The molecule has 0 saturated carbocycles. The van der Waals surface area contributed by atoms with Gasteiger partial charge in [0.05, 0.1) is 0 Å². The smallest absolute Gasteiger partial charge is 0.410 e. The monoisotopic (exact) mass is 260 g/mol. The second kappa shape index (κ2) is 5.61. The number of carbonyl (C=O) groups is 1. The first-order valence-electron chi connectivity index (χ1n) is 7.01. The van der Waals surface area contributed by atoms with Crippen molar-refractivity contribution in [2.24, 2.45) is 5.92 Å². The third-order valence-corrected chi connectivity index (χ3v) is 4.06. The number of benzene rings is 1. The van der Waals surface area contributed by atoms with Gasteiger partial charge in [-0.15, -0.1) is 0 Å². The van der Waals surface area contributed by atoms with Crippen molar-refractivity contribution in [2.45, 2.75) is 25.5 Å². The maximum Gasteiger partial charge on any atom is 0.410 e. The SMILES string of the molecule is O=C(OCc1ccccc1)N1CC2CCC1CNC2. The third-order valence-electron chi connectivity index (χ3n) is 4.06. The lowest BCUT2D eigenvalue weighted by Gasteiger charge is -2.35. The zero-order valence-corrected chi connectivity index (χ0v) is 11.0. The molecule has 3 fully saturated rings. The Morgan fingerprint density at radius 3 is 2.95 bits per heavy atom. The van der Waals surface area contributed by atoms with E-state index < -0.39 is 0 Å². The van der Waals surface area contributed by atoms with Gasteiger partial charge in [0.25, 0.3) is 0 Å². The van der Waals surface area contributed by atoms with Crippen LogP contribution in [0.2, 0.25) is 0 Å². The lowest BCUT2D eigenvalue weighted by molar-refractivity contribution is 0.0642. The molecule has 0 spiro atoms. The molecule has 2 atom stereocenters. The Morgan fingerprint density at radius 1 is 1.26 bits per heavy atom. The number of nitrogens with zero attached hydrogens (tertiary/aromatic N) is 1.